The monoisotopic (exact) mass is 363 g/mol. The van der Waals surface area contributed by atoms with Gasteiger partial charge in [0.05, 0.1) is 22.1 Å². The Labute approximate surface area is 145 Å². The summed E-state index contributed by atoms with van der Waals surface area (Å²) in [5.74, 6) is -0.592. The minimum absolute atomic E-state index is 0.0804. The van der Waals surface area contributed by atoms with Crippen LogP contribution in [0.5, 0.6) is 0 Å². The Bertz CT molecular complexity index is 897. The van der Waals surface area contributed by atoms with E-state index in [1.54, 1.807) is 25.1 Å². The first-order chi connectivity index (χ1) is 11.7. The molecule has 25 heavy (non-hydrogen) atoms. The number of hydrogen-bond acceptors (Lipinski definition) is 5. The third kappa shape index (κ3) is 4.40. The maximum Gasteiger partial charge on any atom is 0.271 e. The van der Waals surface area contributed by atoms with Crippen molar-refractivity contribution in [3.8, 4) is 0 Å². The van der Waals surface area contributed by atoms with Crippen molar-refractivity contribution < 1.29 is 18.1 Å². The predicted molar refractivity (Wildman–Crippen MR) is 92.7 cm³/mol. The van der Waals surface area contributed by atoms with Crippen molar-refractivity contribution >= 4 is 27.3 Å². The number of benzene rings is 2. The number of rotatable bonds is 6. The van der Waals surface area contributed by atoms with Crippen LogP contribution in [0.2, 0.25) is 0 Å². The normalized spacial score (nSPS) is 11.3. The molecule has 1 N–H and O–H groups in total. The van der Waals surface area contributed by atoms with E-state index in [9.17, 15) is 23.3 Å². The summed E-state index contributed by atoms with van der Waals surface area (Å²) in [7, 11) is -2.50. The van der Waals surface area contributed by atoms with Crippen molar-refractivity contribution in [2.45, 2.75) is 11.8 Å². The molecule has 0 unspecified atom stereocenters. The number of nitrogens with zero attached hydrogens (tertiary/aromatic N) is 2. The van der Waals surface area contributed by atoms with E-state index in [0.29, 0.717) is 5.56 Å². The first-order valence-corrected chi connectivity index (χ1v) is 8.72. The van der Waals surface area contributed by atoms with Crippen LogP contribution in [-0.4, -0.2) is 37.1 Å². The lowest BCUT2D eigenvalue weighted by Crippen LogP contribution is -2.35. The van der Waals surface area contributed by atoms with Gasteiger partial charge in [0, 0.05) is 19.2 Å². The molecule has 2 aromatic carbocycles. The molecule has 0 atom stereocenters. The zero-order valence-electron chi connectivity index (χ0n) is 13.7. The van der Waals surface area contributed by atoms with E-state index in [-0.39, 0.29) is 16.3 Å². The molecule has 0 aliphatic heterocycles. The minimum atomic E-state index is -3.79. The number of nitrogens with one attached hydrogen (secondary N) is 1. The molecule has 2 aromatic rings. The van der Waals surface area contributed by atoms with Gasteiger partial charge in [-0.25, -0.2) is 8.42 Å². The van der Waals surface area contributed by atoms with Crippen LogP contribution in [0, 0.1) is 17.0 Å². The largest absolute Gasteiger partial charge is 0.324 e. The van der Waals surface area contributed by atoms with Crippen molar-refractivity contribution in [2.75, 3.05) is 18.9 Å². The molecule has 1 amide bonds. The average Bonchev–Trinajstić information content (AvgIpc) is 2.57. The zero-order chi connectivity index (χ0) is 18.6. The molecular weight excluding hydrogens is 346 g/mol. The molecule has 0 fully saturated rings. The van der Waals surface area contributed by atoms with E-state index in [2.05, 4.69) is 5.32 Å². The van der Waals surface area contributed by atoms with E-state index in [1.165, 1.54) is 37.4 Å². The highest BCUT2D eigenvalue weighted by Crippen LogP contribution is 2.22. The summed E-state index contributed by atoms with van der Waals surface area (Å²) in [6.07, 6.45) is 0. The number of carbonyl (C=O) groups is 1. The number of carbonyl (C=O) groups excluding carboxylic acids is 1. The fraction of sp³-hybridized carbons (Fsp3) is 0.188. The Kier molecular flexibility index (Phi) is 5.50. The van der Waals surface area contributed by atoms with Crippen LogP contribution in [0.1, 0.15) is 5.56 Å². The van der Waals surface area contributed by atoms with Gasteiger partial charge in [0.2, 0.25) is 15.9 Å². The molecule has 0 aliphatic carbocycles. The number of hydrogen-bond donors (Lipinski definition) is 1. The molecule has 8 nitrogen and oxygen atoms in total. The van der Waals surface area contributed by atoms with Gasteiger partial charge < -0.3 is 5.32 Å². The number of non-ortho nitro benzene ring substituents is 1. The third-order valence-electron chi connectivity index (χ3n) is 3.52. The number of likely N-dealkylation sites (N-methyl/N-ethyl adjacent to an activating group) is 1. The minimum Gasteiger partial charge on any atom is -0.324 e. The van der Waals surface area contributed by atoms with Gasteiger partial charge in [0.15, 0.2) is 0 Å². The molecule has 0 heterocycles. The molecule has 0 bridgehead atoms. The van der Waals surface area contributed by atoms with Gasteiger partial charge in [0.1, 0.15) is 0 Å². The van der Waals surface area contributed by atoms with Crippen molar-refractivity contribution in [1.82, 2.24) is 4.31 Å². The average molecular weight is 363 g/mol. The van der Waals surface area contributed by atoms with E-state index in [0.717, 1.165) is 4.31 Å². The summed E-state index contributed by atoms with van der Waals surface area (Å²) in [5, 5.41) is 13.3. The van der Waals surface area contributed by atoms with Crippen molar-refractivity contribution in [3.63, 3.8) is 0 Å². The van der Waals surface area contributed by atoms with E-state index < -0.39 is 27.4 Å². The van der Waals surface area contributed by atoms with Crippen molar-refractivity contribution in [3.05, 3.63) is 64.2 Å². The molecule has 2 rings (SSSR count). The Morgan fingerprint density at radius 2 is 1.84 bits per heavy atom. The van der Waals surface area contributed by atoms with Crippen LogP contribution < -0.4 is 5.32 Å². The molecule has 0 saturated heterocycles. The Morgan fingerprint density at radius 3 is 2.44 bits per heavy atom. The van der Waals surface area contributed by atoms with Gasteiger partial charge >= 0.3 is 0 Å². The van der Waals surface area contributed by atoms with E-state index >= 15 is 0 Å². The number of anilines is 1. The molecule has 0 saturated carbocycles. The molecule has 0 spiro atoms. The highest BCUT2D eigenvalue weighted by Gasteiger charge is 2.23. The van der Waals surface area contributed by atoms with Gasteiger partial charge in [0.25, 0.3) is 5.69 Å². The third-order valence-corrected chi connectivity index (χ3v) is 5.34. The molecule has 0 aliphatic rings. The number of nitro benzene ring substituents is 1. The fourth-order valence-electron chi connectivity index (χ4n) is 2.11. The highest BCUT2D eigenvalue weighted by atomic mass is 32.2. The summed E-state index contributed by atoms with van der Waals surface area (Å²) in [6.45, 7) is 1.27. The van der Waals surface area contributed by atoms with Crippen LogP contribution >= 0.6 is 0 Å². The van der Waals surface area contributed by atoms with E-state index in [4.69, 9.17) is 0 Å². The molecule has 0 aromatic heterocycles. The second-order valence-electron chi connectivity index (χ2n) is 5.38. The predicted octanol–water partition coefficient (Wildman–Crippen LogP) is 2.16. The number of amides is 1. The standard InChI is InChI=1S/C16H17N3O5S/c1-12-8-9-13(19(21)22)10-15(12)17-16(20)11-18(2)25(23,24)14-6-4-3-5-7-14/h3-10H,11H2,1-2H3,(H,17,20). The summed E-state index contributed by atoms with van der Waals surface area (Å²) in [5.41, 5.74) is 0.739. The molecule has 0 radical (unpaired) electrons. The molecule has 132 valence electrons. The van der Waals surface area contributed by atoms with Crippen LogP contribution in [0.15, 0.2) is 53.4 Å². The molecular formula is C16H17N3O5S. The van der Waals surface area contributed by atoms with E-state index in [1.807, 2.05) is 0 Å². The molecule has 9 heteroatoms. The lowest BCUT2D eigenvalue weighted by Gasteiger charge is -2.17. The lowest BCUT2D eigenvalue weighted by molar-refractivity contribution is -0.384. The number of sulfonamides is 1. The first kappa shape index (κ1) is 18.6. The SMILES string of the molecule is Cc1ccc([N+](=O)[O-])cc1NC(=O)CN(C)S(=O)(=O)c1ccccc1. The summed E-state index contributed by atoms with van der Waals surface area (Å²) in [6, 6.07) is 11.8. The second-order valence-corrected chi connectivity index (χ2v) is 7.42. The van der Waals surface area contributed by atoms with Gasteiger partial charge in [-0.1, -0.05) is 24.3 Å². The fourth-order valence-corrected chi connectivity index (χ4v) is 3.26. The number of nitro groups is 1. The van der Waals surface area contributed by atoms with Crippen LogP contribution in [0.25, 0.3) is 0 Å². The summed E-state index contributed by atoms with van der Waals surface area (Å²) in [4.78, 5) is 22.5. The number of aryl methyl sites for hydroxylation is 1. The topological polar surface area (TPSA) is 110 Å². The Balaban J connectivity index is 2.13. The zero-order valence-corrected chi connectivity index (χ0v) is 14.5. The van der Waals surface area contributed by atoms with Crippen molar-refractivity contribution in [2.24, 2.45) is 0 Å². The van der Waals surface area contributed by atoms with Gasteiger partial charge in [-0.15, -0.1) is 0 Å². The maximum atomic E-state index is 12.4. The van der Waals surface area contributed by atoms with Crippen LogP contribution in [0.4, 0.5) is 11.4 Å². The Morgan fingerprint density at radius 1 is 1.20 bits per heavy atom. The Hall–Kier alpha value is -2.78. The quantitative estimate of drug-likeness (QED) is 0.625. The first-order valence-electron chi connectivity index (χ1n) is 7.28. The lowest BCUT2D eigenvalue weighted by atomic mass is 10.2. The smallest absolute Gasteiger partial charge is 0.271 e. The van der Waals surface area contributed by atoms with Gasteiger partial charge in [-0.05, 0) is 24.6 Å². The van der Waals surface area contributed by atoms with Gasteiger partial charge in [-0.3, -0.25) is 14.9 Å². The summed E-state index contributed by atoms with van der Waals surface area (Å²) < 4.78 is 25.7. The van der Waals surface area contributed by atoms with Crippen molar-refractivity contribution in [1.29, 1.82) is 0 Å². The second kappa shape index (κ2) is 7.41. The maximum absolute atomic E-state index is 12.4. The summed E-state index contributed by atoms with van der Waals surface area (Å²) >= 11 is 0. The van der Waals surface area contributed by atoms with Gasteiger partial charge in [-0.2, -0.15) is 4.31 Å². The van der Waals surface area contributed by atoms with Crippen LogP contribution in [-0.2, 0) is 14.8 Å². The highest BCUT2D eigenvalue weighted by molar-refractivity contribution is 7.89. The van der Waals surface area contributed by atoms with Crippen LogP contribution in [0.3, 0.4) is 0 Å².